The van der Waals surface area contributed by atoms with Gasteiger partial charge in [0.1, 0.15) is 0 Å². The van der Waals surface area contributed by atoms with Crippen LogP contribution < -0.4 is 5.73 Å². The number of nitrogens with zero attached hydrogens (tertiary/aromatic N) is 3. The lowest BCUT2D eigenvalue weighted by Gasteiger charge is -2.11. The predicted molar refractivity (Wildman–Crippen MR) is 81.2 cm³/mol. The van der Waals surface area contributed by atoms with Crippen molar-refractivity contribution in [1.82, 2.24) is 0 Å². The molecule has 0 fully saturated rings. The van der Waals surface area contributed by atoms with Gasteiger partial charge in [0.25, 0.3) is 0 Å². The van der Waals surface area contributed by atoms with E-state index in [1.165, 1.54) is 25.7 Å². The first kappa shape index (κ1) is 18.9. The van der Waals surface area contributed by atoms with Gasteiger partial charge in [0.05, 0.1) is 18.8 Å². The zero-order valence-corrected chi connectivity index (χ0v) is 12.2. The van der Waals surface area contributed by atoms with E-state index in [2.05, 4.69) is 10.0 Å². The normalized spacial score (nSPS) is 14.2. The van der Waals surface area contributed by atoms with Gasteiger partial charge in [-0.25, -0.2) is 0 Å². The minimum absolute atomic E-state index is 0.203. The summed E-state index contributed by atoms with van der Waals surface area (Å²) in [7, 11) is 0. The fourth-order valence-corrected chi connectivity index (χ4v) is 1.86. The zero-order valence-electron chi connectivity index (χ0n) is 12.2. The minimum Gasteiger partial charge on any atom is -0.395 e. The van der Waals surface area contributed by atoms with E-state index < -0.39 is 12.1 Å². The Bertz CT molecular complexity index is 291. The average Bonchev–Trinajstić information content (AvgIpc) is 2.47. The van der Waals surface area contributed by atoms with Crippen LogP contribution >= 0.6 is 0 Å². The van der Waals surface area contributed by atoms with Crippen molar-refractivity contribution in [3.05, 3.63) is 22.6 Å². The lowest BCUT2D eigenvalue weighted by Crippen LogP contribution is -2.36. The number of unbranched alkanes of at least 4 members (excludes halogenated alkanes) is 7. The summed E-state index contributed by atoms with van der Waals surface area (Å²) < 4.78 is 0. The molecule has 0 heterocycles. The van der Waals surface area contributed by atoms with Crippen molar-refractivity contribution in [1.29, 1.82) is 0 Å². The molecule has 0 aliphatic heterocycles. The van der Waals surface area contributed by atoms with E-state index in [0.717, 1.165) is 25.7 Å². The lowest BCUT2D eigenvalue weighted by atomic mass is 10.1. The molecule has 0 saturated carbocycles. The Kier molecular flexibility index (Phi) is 13.6. The molecule has 0 spiro atoms. The summed E-state index contributed by atoms with van der Waals surface area (Å²) in [5.41, 5.74) is 13.6. The topological polar surface area (TPSA) is 115 Å². The predicted octanol–water partition coefficient (Wildman–Crippen LogP) is 2.65. The van der Waals surface area contributed by atoms with Gasteiger partial charge in [-0.05, 0) is 24.8 Å². The Morgan fingerprint density at radius 2 is 1.70 bits per heavy atom. The van der Waals surface area contributed by atoms with Crippen LogP contribution in [0.15, 0.2) is 17.3 Å². The highest BCUT2D eigenvalue weighted by atomic mass is 16.3. The van der Waals surface area contributed by atoms with Crippen molar-refractivity contribution < 1.29 is 10.2 Å². The number of aliphatic hydroxyl groups excluding tert-OH is 2. The maximum atomic E-state index is 9.48. The monoisotopic (exact) mass is 284 g/mol. The van der Waals surface area contributed by atoms with E-state index in [1.807, 2.05) is 6.08 Å². The van der Waals surface area contributed by atoms with E-state index in [-0.39, 0.29) is 6.61 Å². The summed E-state index contributed by atoms with van der Waals surface area (Å²) in [6, 6.07) is -0.586. The Hall–Kier alpha value is -1.07. The molecule has 0 aromatic heterocycles. The molecule has 0 aromatic rings. The van der Waals surface area contributed by atoms with E-state index in [4.69, 9.17) is 16.4 Å². The van der Waals surface area contributed by atoms with Crippen LogP contribution in [-0.4, -0.2) is 35.5 Å². The Balaban J connectivity index is 3.28. The number of hydrogen-bond donors (Lipinski definition) is 3. The third kappa shape index (κ3) is 12.0. The molecule has 0 rings (SSSR count). The van der Waals surface area contributed by atoms with E-state index >= 15 is 0 Å². The van der Waals surface area contributed by atoms with Crippen molar-refractivity contribution in [2.45, 2.75) is 63.5 Å². The van der Waals surface area contributed by atoms with Gasteiger partial charge < -0.3 is 15.9 Å². The zero-order chi connectivity index (χ0) is 15.1. The molecule has 0 bridgehead atoms. The van der Waals surface area contributed by atoms with Crippen LogP contribution in [0.1, 0.15) is 51.4 Å². The van der Waals surface area contributed by atoms with Crippen LogP contribution in [0, 0.1) is 0 Å². The standard InChI is InChI=1S/C14H28N4O2/c15-13(12-19)14(20)10-8-6-4-2-1-3-5-7-9-11-17-18-16/h8,10,13-14,19-20H,1-7,9,11-12,15H2/b10-8+/t13-,14+/m0/s1. The highest BCUT2D eigenvalue weighted by Gasteiger charge is 2.08. The third-order valence-corrected chi connectivity index (χ3v) is 3.17. The summed E-state index contributed by atoms with van der Waals surface area (Å²) in [6.45, 7) is 0.408. The number of azide groups is 1. The lowest BCUT2D eigenvalue weighted by molar-refractivity contribution is 0.144. The molecule has 0 aliphatic carbocycles. The molecule has 116 valence electrons. The number of nitrogens with two attached hydrogens (primary N) is 1. The Morgan fingerprint density at radius 1 is 1.10 bits per heavy atom. The second kappa shape index (κ2) is 14.3. The van der Waals surface area contributed by atoms with Crippen molar-refractivity contribution in [2.24, 2.45) is 10.8 Å². The Labute approximate surface area is 121 Å². The van der Waals surface area contributed by atoms with Crippen LogP contribution in [0.2, 0.25) is 0 Å². The van der Waals surface area contributed by atoms with Crippen LogP contribution in [-0.2, 0) is 0 Å². The van der Waals surface area contributed by atoms with Gasteiger partial charge in [-0.2, -0.15) is 0 Å². The van der Waals surface area contributed by atoms with Crippen LogP contribution in [0.25, 0.3) is 10.4 Å². The molecule has 6 nitrogen and oxygen atoms in total. The summed E-state index contributed by atoms with van der Waals surface area (Å²) in [5.74, 6) is 0. The van der Waals surface area contributed by atoms with Gasteiger partial charge in [0, 0.05) is 11.5 Å². The molecule has 0 saturated heterocycles. The van der Waals surface area contributed by atoms with Crippen molar-refractivity contribution >= 4 is 0 Å². The maximum absolute atomic E-state index is 9.48. The van der Waals surface area contributed by atoms with Gasteiger partial charge >= 0.3 is 0 Å². The van der Waals surface area contributed by atoms with Crippen molar-refractivity contribution in [2.75, 3.05) is 13.2 Å². The minimum atomic E-state index is -0.754. The molecule has 0 aliphatic rings. The second-order valence-electron chi connectivity index (χ2n) is 4.98. The van der Waals surface area contributed by atoms with Crippen LogP contribution in [0.5, 0.6) is 0 Å². The Morgan fingerprint density at radius 3 is 2.30 bits per heavy atom. The van der Waals surface area contributed by atoms with Gasteiger partial charge in [-0.3, -0.25) is 0 Å². The molecule has 0 radical (unpaired) electrons. The van der Waals surface area contributed by atoms with Crippen molar-refractivity contribution in [3.8, 4) is 0 Å². The first-order valence-corrected chi connectivity index (χ1v) is 7.44. The smallest absolute Gasteiger partial charge is 0.0894 e. The molecule has 20 heavy (non-hydrogen) atoms. The fraction of sp³-hybridized carbons (Fsp3) is 0.857. The maximum Gasteiger partial charge on any atom is 0.0894 e. The van der Waals surface area contributed by atoms with E-state index in [0.29, 0.717) is 6.54 Å². The number of hydrogen-bond acceptors (Lipinski definition) is 4. The number of allylic oxidation sites excluding steroid dienone is 1. The van der Waals surface area contributed by atoms with Gasteiger partial charge in [-0.15, -0.1) is 0 Å². The number of rotatable bonds is 13. The third-order valence-electron chi connectivity index (χ3n) is 3.17. The van der Waals surface area contributed by atoms with Gasteiger partial charge in [-0.1, -0.05) is 49.4 Å². The molecule has 2 atom stereocenters. The molecule has 0 amide bonds. The van der Waals surface area contributed by atoms with Gasteiger partial charge in [0.15, 0.2) is 0 Å². The van der Waals surface area contributed by atoms with Crippen LogP contribution in [0.4, 0.5) is 0 Å². The molecular formula is C14H28N4O2. The van der Waals surface area contributed by atoms with Crippen LogP contribution in [0.3, 0.4) is 0 Å². The first-order valence-electron chi connectivity index (χ1n) is 7.44. The second-order valence-corrected chi connectivity index (χ2v) is 4.98. The highest BCUT2D eigenvalue weighted by molar-refractivity contribution is 4.93. The van der Waals surface area contributed by atoms with E-state index in [1.54, 1.807) is 6.08 Å². The quantitative estimate of drug-likeness (QED) is 0.159. The highest BCUT2D eigenvalue weighted by Crippen LogP contribution is 2.09. The summed E-state index contributed by atoms with van der Waals surface area (Å²) in [6.07, 6.45) is 11.8. The molecule has 4 N–H and O–H groups in total. The SMILES string of the molecule is [N-]=[N+]=NCCCCCCCCC/C=C/[C@@H](O)[C@@H](N)CO. The summed E-state index contributed by atoms with van der Waals surface area (Å²) >= 11 is 0. The first-order chi connectivity index (χ1) is 9.72. The molecule has 0 unspecified atom stereocenters. The largest absolute Gasteiger partial charge is 0.395 e. The van der Waals surface area contributed by atoms with Crippen molar-refractivity contribution in [3.63, 3.8) is 0 Å². The summed E-state index contributed by atoms with van der Waals surface area (Å²) in [5, 5.41) is 21.7. The molecule has 6 heteroatoms. The number of aliphatic hydroxyl groups is 2. The average molecular weight is 284 g/mol. The van der Waals surface area contributed by atoms with E-state index in [9.17, 15) is 5.11 Å². The molecular weight excluding hydrogens is 256 g/mol. The van der Waals surface area contributed by atoms with Gasteiger partial charge in [0.2, 0.25) is 0 Å². The molecule has 0 aromatic carbocycles. The fourth-order valence-electron chi connectivity index (χ4n) is 1.86. The summed E-state index contributed by atoms with van der Waals surface area (Å²) in [4.78, 5) is 2.72.